The highest BCUT2D eigenvalue weighted by Gasteiger charge is 2.61. The van der Waals surface area contributed by atoms with E-state index in [-0.39, 0.29) is 5.41 Å². The van der Waals surface area contributed by atoms with Gasteiger partial charge in [-0.25, -0.2) is 0 Å². The van der Waals surface area contributed by atoms with E-state index in [4.69, 9.17) is 0 Å². The Hall–Kier alpha value is -5.92. The molecular formula is C54H41N. The second-order valence-electron chi connectivity index (χ2n) is 17.2. The molecule has 14 rings (SSSR count). The molecule has 5 aliphatic carbocycles. The lowest BCUT2D eigenvalue weighted by Crippen LogP contribution is -2.55. The lowest BCUT2D eigenvalue weighted by molar-refractivity contribution is -0.0399. The van der Waals surface area contributed by atoms with Gasteiger partial charge in [0.15, 0.2) is 0 Å². The number of hydrogen-bond acceptors (Lipinski definition) is 0. The van der Waals surface area contributed by atoms with Gasteiger partial charge in [-0.2, -0.15) is 0 Å². The van der Waals surface area contributed by atoms with Gasteiger partial charge in [-0.15, -0.1) is 0 Å². The van der Waals surface area contributed by atoms with Gasteiger partial charge in [0.05, 0.1) is 11.0 Å². The van der Waals surface area contributed by atoms with Crippen molar-refractivity contribution >= 4 is 43.4 Å². The van der Waals surface area contributed by atoms with Gasteiger partial charge < -0.3 is 4.57 Å². The molecule has 0 aliphatic heterocycles. The Bertz CT molecular complexity index is 2970. The van der Waals surface area contributed by atoms with Crippen molar-refractivity contribution in [3.8, 4) is 39.1 Å². The minimum Gasteiger partial charge on any atom is -0.309 e. The molecule has 0 saturated heterocycles. The molecule has 1 heteroatoms. The minimum atomic E-state index is 0.146. The van der Waals surface area contributed by atoms with Crippen LogP contribution < -0.4 is 0 Å². The van der Waals surface area contributed by atoms with Gasteiger partial charge in [-0.1, -0.05) is 133 Å². The van der Waals surface area contributed by atoms with Gasteiger partial charge in [0.2, 0.25) is 0 Å². The van der Waals surface area contributed by atoms with E-state index in [9.17, 15) is 0 Å². The molecule has 0 radical (unpaired) electrons. The monoisotopic (exact) mass is 703 g/mol. The highest BCUT2D eigenvalue weighted by atomic mass is 15.0. The van der Waals surface area contributed by atoms with E-state index < -0.39 is 0 Å². The molecule has 1 nitrogen and oxygen atoms in total. The first-order valence-corrected chi connectivity index (χ1v) is 20.5. The van der Waals surface area contributed by atoms with E-state index in [1.54, 1.807) is 11.1 Å². The zero-order valence-corrected chi connectivity index (χ0v) is 30.9. The first-order valence-electron chi connectivity index (χ1n) is 20.5. The van der Waals surface area contributed by atoms with Crippen LogP contribution in [0, 0.1) is 23.7 Å². The highest BCUT2D eigenvalue weighted by Crippen LogP contribution is 2.69. The first-order chi connectivity index (χ1) is 27.3. The van der Waals surface area contributed by atoms with E-state index in [2.05, 4.69) is 168 Å². The van der Waals surface area contributed by atoms with Crippen LogP contribution in [0.25, 0.3) is 82.4 Å². The molecule has 0 amide bonds. The van der Waals surface area contributed by atoms with Gasteiger partial charge in [-0.05, 0) is 152 Å². The average Bonchev–Trinajstić information content (AvgIpc) is 3.72. The molecule has 55 heavy (non-hydrogen) atoms. The van der Waals surface area contributed by atoms with Crippen LogP contribution in [0.2, 0.25) is 0 Å². The normalized spacial score (nSPS) is 23.3. The fourth-order valence-electron chi connectivity index (χ4n) is 13.0. The fraction of sp³-hybridized carbons (Fsp3) is 0.185. The lowest BCUT2D eigenvalue weighted by atomic mass is 9.43. The maximum absolute atomic E-state index is 2.68. The Kier molecular flexibility index (Phi) is 6.13. The molecular weight excluding hydrogens is 663 g/mol. The molecule has 4 bridgehead atoms. The summed E-state index contributed by atoms with van der Waals surface area (Å²) >= 11 is 0. The topological polar surface area (TPSA) is 4.93 Å². The minimum absolute atomic E-state index is 0.146. The van der Waals surface area contributed by atoms with Crippen LogP contribution in [0.15, 0.2) is 164 Å². The van der Waals surface area contributed by atoms with Crippen molar-refractivity contribution < 1.29 is 0 Å². The van der Waals surface area contributed by atoms with Crippen molar-refractivity contribution in [3.63, 3.8) is 0 Å². The molecule has 0 atom stereocenters. The number of rotatable bonds is 3. The summed E-state index contributed by atoms with van der Waals surface area (Å²) in [5.41, 5.74) is 15.3. The molecule has 4 fully saturated rings. The summed E-state index contributed by atoms with van der Waals surface area (Å²) < 4.78 is 2.44. The number of hydrogen-bond donors (Lipinski definition) is 0. The fourth-order valence-corrected chi connectivity index (χ4v) is 13.0. The van der Waals surface area contributed by atoms with Crippen LogP contribution >= 0.6 is 0 Å². The summed E-state index contributed by atoms with van der Waals surface area (Å²) in [6.45, 7) is 0. The Morgan fingerprint density at radius 3 is 1.56 bits per heavy atom. The molecule has 8 aromatic carbocycles. The number of nitrogens with zero attached hydrogens (tertiary/aromatic N) is 1. The molecule has 0 unspecified atom stereocenters. The Morgan fingerprint density at radius 1 is 0.382 bits per heavy atom. The highest BCUT2D eigenvalue weighted by molar-refractivity contribution is 6.22. The van der Waals surface area contributed by atoms with E-state index in [0.29, 0.717) is 0 Å². The van der Waals surface area contributed by atoms with Crippen molar-refractivity contribution in [2.75, 3.05) is 0 Å². The van der Waals surface area contributed by atoms with E-state index >= 15 is 0 Å². The van der Waals surface area contributed by atoms with Crippen LogP contribution in [0.4, 0.5) is 0 Å². The van der Waals surface area contributed by atoms with Gasteiger partial charge in [-0.3, -0.25) is 0 Å². The zero-order chi connectivity index (χ0) is 35.8. The van der Waals surface area contributed by atoms with Crippen LogP contribution in [-0.2, 0) is 5.41 Å². The molecule has 5 aliphatic rings. The second kappa shape index (κ2) is 11.1. The average molecular weight is 704 g/mol. The predicted molar refractivity (Wildman–Crippen MR) is 230 cm³/mol. The van der Waals surface area contributed by atoms with E-state index in [1.165, 1.54) is 115 Å². The van der Waals surface area contributed by atoms with Crippen LogP contribution in [0.1, 0.15) is 43.2 Å². The summed E-state index contributed by atoms with van der Waals surface area (Å²) in [5, 5.41) is 7.85. The SMILES string of the molecule is c1ccc(-n2c3ccccc3c3ccc(-c4c5ccccc5c(-c5ccc6c(c5)C5(c7ccccc7-6)C6CC7CC(C6)CC5C7)c5ccccc45)cc32)cc1. The first kappa shape index (κ1) is 30.4. The Morgan fingerprint density at radius 2 is 0.891 bits per heavy atom. The quantitative estimate of drug-likeness (QED) is 0.161. The number of fused-ring (bicyclic) bond motifs is 8. The third-order valence-corrected chi connectivity index (χ3v) is 14.8. The molecule has 0 N–H and O–H groups in total. The van der Waals surface area contributed by atoms with Crippen molar-refractivity contribution in [2.24, 2.45) is 23.7 Å². The summed E-state index contributed by atoms with van der Waals surface area (Å²) in [6.07, 6.45) is 7.08. The molecule has 9 aromatic rings. The van der Waals surface area contributed by atoms with Crippen molar-refractivity contribution in [3.05, 3.63) is 175 Å². The third-order valence-electron chi connectivity index (χ3n) is 14.8. The second-order valence-corrected chi connectivity index (χ2v) is 17.2. The zero-order valence-electron chi connectivity index (χ0n) is 30.9. The third kappa shape index (κ3) is 3.98. The summed E-state index contributed by atoms with van der Waals surface area (Å²) in [4.78, 5) is 0. The van der Waals surface area contributed by atoms with Crippen molar-refractivity contribution in [1.29, 1.82) is 0 Å². The largest absolute Gasteiger partial charge is 0.309 e. The number of benzene rings is 8. The summed E-state index contributed by atoms with van der Waals surface area (Å²) in [5.74, 6) is 3.36. The summed E-state index contributed by atoms with van der Waals surface area (Å²) in [6, 6.07) is 62.4. The maximum atomic E-state index is 2.68. The van der Waals surface area contributed by atoms with E-state index in [1.807, 2.05) is 0 Å². The molecule has 262 valence electrons. The van der Waals surface area contributed by atoms with Crippen molar-refractivity contribution in [2.45, 2.75) is 37.5 Å². The number of aromatic nitrogens is 1. The predicted octanol–water partition coefficient (Wildman–Crippen LogP) is 14.1. The molecule has 4 saturated carbocycles. The van der Waals surface area contributed by atoms with Gasteiger partial charge in [0, 0.05) is 21.9 Å². The maximum Gasteiger partial charge on any atom is 0.0547 e. The van der Waals surface area contributed by atoms with Gasteiger partial charge in [0.25, 0.3) is 0 Å². The van der Waals surface area contributed by atoms with Gasteiger partial charge >= 0.3 is 0 Å². The van der Waals surface area contributed by atoms with Crippen LogP contribution in [-0.4, -0.2) is 4.57 Å². The Balaban J connectivity index is 1.06. The lowest BCUT2D eigenvalue weighted by Gasteiger charge is -2.61. The summed E-state index contributed by atoms with van der Waals surface area (Å²) in [7, 11) is 0. The standard InChI is InChI=1S/C54H41N/c1-2-12-39(13-3-1)55-50-21-11-9-15-42(50)43-25-23-36(32-51(43)55)53-46-18-6-4-16-44(46)52(45-17-5-7-19-47(45)53)35-22-24-41-40-14-8-10-20-48(40)54(49(41)31-35)37-27-33-26-34(29-37)30-38(54)28-33/h1-25,31-34,37-38H,26-30H2. The molecule has 1 heterocycles. The van der Waals surface area contributed by atoms with Crippen LogP contribution in [0.3, 0.4) is 0 Å². The molecule has 1 aromatic heterocycles. The molecule has 1 spiro atoms. The number of para-hydroxylation sites is 2. The van der Waals surface area contributed by atoms with Crippen molar-refractivity contribution in [1.82, 2.24) is 4.57 Å². The van der Waals surface area contributed by atoms with Gasteiger partial charge in [0.1, 0.15) is 0 Å². The van der Waals surface area contributed by atoms with E-state index in [0.717, 1.165) is 23.7 Å². The van der Waals surface area contributed by atoms with Crippen LogP contribution in [0.5, 0.6) is 0 Å². The smallest absolute Gasteiger partial charge is 0.0547 e. The Labute approximate surface area is 321 Å².